The summed E-state index contributed by atoms with van der Waals surface area (Å²) in [5, 5.41) is 2.81. The third-order valence-corrected chi connectivity index (χ3v) is 5.52. The molecule has 0 bridgehead atoms. The van der Waals surface area contributed by atoms with Gasteiger partial charge in [0.1, 0.15) is 0 Å². The number of hydrogen-bond donors (Lipinski definition) is 2. The maximum absolute atomic E-state index is 12.4. The molecule has 1 aromatic heterocycles. The molecule has 146 valence electrons. The normalized spacial score (nSPS) is 11.2. The molecule has 1 heterocycles. The van der Waals surface area contributed by atoms with Gasteiger partial charge in [-0.25, -0.2) is 13.4 Å². The van der Waals surface area contributed by atoms with Gasteiger partial charge in [-0.15, -0.1) is 0 Å². The van der Waals surface area contributed by atoms with Crippen LogP contribution in [-0.4, -0.2) is 29.6 Å². The zero-order chi connectivity index (χ0) is 20.0. The van der Waals surface area contributed by atoms with Crippen LogP contribution in [0.3, 0.4) is 0 Å². The minimum atomic E-state index is -3.33. The van der Waals surface area contributed by atoms with E-state index >= 15 is 0 Å². The summed E-state index contributed by atoms with van der Waals surface area (Å²) in [6, 6.07) is 13.9. The molecule has 0 saturated carbocycles. The molecule has 0 aliphatic rings. The molecule has 0 radical (unpaired) electrons. The van der Waals surface area contributed by atoms with E-state index in [1.54, 1.807) is 48.9 Å². The molecule has 0 unspecified atom stereocenters. The molecule has 8 heteroatoms. The average molecular weight is 398 g/mol. The second-order valence-electron chi connectivity index (χ2n) is 6.38. The van der Waals surface area contributed by atoms with Crippen molar-refractivity contribution in [2.45, 2.75) is 19.9 Å². The van der Waals surface area contributed by atoms with Crippen LogP contribution in [0.25, 0.3) is 0 Å². The summed E-state index contributed by atoms with van der Waals surface area (Å²) in [6.07, 6.45) is 5.89. The highest BCUT2D eigenvalue weighted by Crippen LogP contribution is 2.16. The van der Waals surface area contributed by atoms with Gasteiger partial charge in [-0.3, -0.25) is 9.52 Å². The molecule has 2 N–H and O–H groups in total. The Bertz CT molecular complexity index is 1010. The van der Waals surface area contributed by atoms with Crippen molar-refractivity contribution in [1.82, 2.24) is 9.55 Å². The monoisotopic (exact) mass is 398 g/mol. The van der Waals surface area contributed by atoms with Crippen LogP contribution in [0.15, 0.2) is 67.3 Å². The number of benzene rings is 2. The van der Waals surface area contributed by atoms with E-state index < -0.39 is 10.0 Å². The van der Waals surface area contributed by atoms with E-state index in [0.717, 1.165) is 5.56 Å². The molecular weight excluding hydrogens is 376 g/mol. The van der Waals surface area contributed by atoms with E-state index in [4.69, 9.17) is 0 Å². The number of imidazole rings is 1. The first-order valence-electron chi connectivity index (χ1n) is 8.92. The number of amides is 1. The van der Waals surface area contributed by atoms with Gasteiger partial charge in [0.05, 0.1) is 12.1 Å². The number of carbonyl (C=O) groups is 1. The fourth-order valence-corrected chi connectivity index (χ4v) is 3.81. The number of nitrogens with one attached hydrogen (secondary N) is 2. The molecule has 0 fully saturated rings. The van der Waals surface area contributed by atoms with Crippen molar-refractivity contribution < 1.29 is 13.2 Å². The number of hydrogen-bond acceptors (Lipinski definition) is 4. The van der Waals surface area contributed by atoms with E-state index in [0.29, 0.717) is 29.9 Å². The highest BCUT2D eigenvalue weighted by Gasteiger charge is 2.10. The van der Waals surface area contributed by atoms with Crippen LogP contribution in [0.5, 0.6) is 0 Å². The van der Waals surface area contributed by atoms with Gasteiger partial charge in [-0.1, -0.05) is 19.1 Å². The lowest BCUT2D eigenvalue weighted by Crippen LogP contribution is -2.16. The molecular formula is C20H22N4O3S. The summed E-state index contributed by atoms with van der Waals surface area (Å²) < 4.78 is 28.0. The number of carbonyl (C=O) groups excluding carboxylic acids is 1. The highest BCUT2D eigenvalue weighted by molar-refractivity contribution is 7.92. The molecule has 0 atom stereocenters. The van der Waals surface area contributed by atoms with Gasteiger partial charge in [0.15, 0.2) is 0 Å². The molecule has 0 saturated heterocycles. The number of aromatic nitrogens is 2. The maximum atomic E-state index is 12.4. The Labute approximate surface area is 164 Å². The molecule has 1 amide bonds. The van der Waals surface area contributed by atoms with E-state index in [1.807, 2.05) is 29.8 Å². The lowest BCUT2D eigenvalue weighted by molar-refractivity contribution is 0.102. The third-order valence-electron chi connectivity index (χ3n) is 4.03. The van der Waals surface area contributed by atoms with Crippen molar-refractivity contribution in [3.63, 3.8) is 0 Å². The van der Waals surface area contributed by atoms with Crippen molar-refractivity contribution >= 4 is 27.3 Å². The van der Waals surface area contributed by atoms with Crippen molar-refractivity contribution in [2.24, 2.45) is 0 Å². The lowest BCUT2D eigenvalue weighted by atomic mass is 10.1. The van der Waals surface area contributed by atoms with Crippen LogP contribution < -0.4 is 10.0 Å². The summed E-state index contributed by atoms with van der Waals surface area (Å²) in [5.74, 6) is -0.156. The maximum Gasteiger partial charge on any atom is 0.255 e. The second-order valence-corrected chi connectivity index (χ2v) is 8.23. The van der Waals surface area contributed by atoms with Gasteiger partial charge >= 0.3 is 0 Å². The molecule has 3 aromatic rings. The van der Waals surface area contributed by atoms with E-state index in [1.165, 1.54) is 0 Å². The molecule has 0 aliphatic carbocycles. The van der Waals surface area contributed by atoms with Crippen LogP contribution in [0.2, 0.25) is 0 Å². The van der Waals surface area contributed by atoms with Crippen LogP contribution in [0.1, 0.15) is 29.3 Å². The first kappa shape index (κ1) is 19.6. The van der Waals surface area contributed by atoms with Crippen LogP contribution in [0.4, 0.5) is 11.4 Å². The number of rotatable bonds is 8. The number of sulfonamides is 1. The Morgan fingerprint density at radius 2 is 1.71 bits per heavy atom. The largest absolute Gasteiger partial charge is 0.333 e. The number of anilines is 2. The highest BCUT2D eigenvalue weighted by atomic mass is 32.2. The Morgan fingerprint density at radius 1 is 1.04 bits per heavy atom. The van der Waals surface area contributed by atoms with Gasteiger partial charge in [0.2, 0.25) is 10.0 Å². The van der Waals surface area contributed by atoms with Gasteiger partial charge in [-0.05, 0) is 48.4 Å². The standard InChI is InChI=1S/C20H22N4O3S/c1-2-13-28(26,27)23-19-9-7-18(8-10-19)22-20(25)17-5-3-16(4-6-17)14-24-12-11-21-15-24/h3-12,15,23H,2,13-14H2,1H3,(H,22,25). The molecule has 3 rings (SSSR count). The van der Waals surface area contributed by atoms with E-state index in [9.17, 15) is 13.2 Å². The Hall–Kier alpha value is -3.13. The van der Waals surface area contributed by atoms with E-state index in [-0.39, 0.29) is 11.7 Å². The first-order valence-corrected chi connectivity index (χ1v) is 10.6. The summed E-state index contributed by atoms with van der Waals surface area (Å²) in [7, 11) is -3.33. The van der Waals surface area contributed by atoms with Crippen molar-refractivity contribution in [3.8, 4) is 0 Å². The fraction of sp³-hybridized carbons (Fsp3) is 0.200. The minimum Gasteiger partial charge on any atom is -0.333 e. The Morgan fingerprint density at radius 3 is 2.32 bits per heavy atom. The molecule has 0 aliphatic heterocycles. The van der Waals surface area contributed by atoms with E-state index in [2.05, 4.69) is 15.0 Å². The smallest absolute Gasteiger partial charge is 0.255 e. The van der Waals surface area contributed by atoms with Gasteiger partial charge in [-0.2, -0.15) is 0 Å². The predicted octanol–water partition coefficient (Wildman–Crippen LogP) is 3.34. The summed E-state index contributed by atoms with van der Waals surface area (Å²) in [6.45, 7) is 2.50. The zero-order valence-corrected chi connectivity index (χ0v) is 16.3. The average Bonchev–Trinajstić information content (AvgIpc) is 3.16. The lowest BCUT2D eigenvalue weighted by Gasteiger charge is -2.09. The zero-order valence-electron chi connectivity index (χ0n) is 15.5. The summed E-state index contributed by atoms with van der Waals surface area (Å²) in [5.41, 5.74) is 2.67. The van der Waals surface area contributed by atoms with Gasteiger partial charge < -0.3 is 9.88 Å². The first-order chi connectivity index (χ1) is 13.4. The molecule has 2 aromatic carbocycles. The second kappa shape index (κ2) is 8.71. The Kier molecular flexibility index (Phi) is 6.10. The summed E-state index contributed by atoms with van der Waals surface area (Å²) >= 11 is 0. The van der Waals surface area contributed by atoms with Crippen LogP contribution in [0, 0.1) is 0 Å². The van der Waals surface area contributed by atoms with Crippen molar-refractivity contribution in [1.29, 1.82) is 0 Å². The topological polar surface area (TPSA) is 93.1 Å². The van der Waals surface area contributed by atoms with Crippen molar-refractivity contribution in [3.05, 3.63) is 78.4 Å². The molecule has 7 nitrogen and oxygen atoms in total. The molecule has 28 heavy (non-hydrogen) atoms. The van der Waals surface area contributed by atoms with Crippen LogP contribution in [-0.2, 0) is 16.6 Å². The predicted molar refractivity (Wildman–Crippen MR) is 110 cm³/mol. The molecule has 0 spiro atoms. The van der Waals surface area contributed by atoms with Gasteiger partial charge in [0, 0.05) is 35.9 Å². The summed E-state index contributed by atoms with van der Waals surface area (Å²) in [4.78, 5) is 16.4. The van der Waals surface area contributed by atoms with Crippen LogP contribution >= 0.6 is 0 Å². The Balaban J connectivity index is 1.59. The SMILES string of the molecule is CCCS(=O)(=O)Nc1ccc(NC(=O)c2ccc(Cn3ccnc3)cc2)cc1. The van der Waals surface area contributed by atoms with Gasteiger partial charge in [0.25, 0.3) is 5.91 Å². The van der Waals surface area contributed by atoms with Crippen molar-refractivity contribution in [2.75, 3.05) is 15.8 Å². The fourth-order valence-electron chi connectivity index (χ4n) is 2.68. The minimum absolute atomic E-state index is 0.0718. The number of nitrogens with zero attached hydrogens (tertiary/aromatic N) is 2. The quantitative estimate of drug-likeness (QED) is 0.609. The third kappa shape index (κ3) is 5.43.